The second kappa shape index (κ2) is 7.35. The molecule has 0 fully saturated rings. The fourth-order valence-corrected chi connectivity index (χ4v) is 2.96. The van der Waals surface area contributed by atoms with Crippen LogP contribution in [0, 0.1) is 0 Å². The number of ether oxygens (including phenoxy) is 2. The first-order valence-corrected chi connectivity index (χ1v) is 8.84. The average Bonchev–Trinajstić information content (AvgIpc) is 3.03. The number of anilines is 1. The third-order valence-corrected chi connectivity index (χ3v) is 4.55. The van der Waals surface area contributed by atoms with Crippen molar-refractivity contribution >= 4 is 22.6 Å². The summed E-state index contributed by atoms with van der Waals surface area (Å²) in [6, 6.07) is 11.4. The number of hydrogen-bond acceptors (Lipinski definition) is 4. The Morgan fingerprint density at radius 1 is 1.07 bits per heavy atom. The summed E-state index contributed by atoms with van der Waals surface area (Å²) in [6.45, 7) is 6.49. The highest BCUT2D eigenvalue weighted by Gasteiger charge is 2.17. The molecule has 142 valence electrons. The van der Waals surface area contributed by atoms with Crippen LogP contribution in [0.3, 0.4) is 0 Å². The number of benzene rings is 2. The predicted octanol–water partition coefficient (Wildman–Crippen LogP) is 4.93. The van der Waals surface area contributed by atoms with Gasteiger partial charge in [-0.15, -0.1) is 0 Å². The Hall–Kier alpha value is -2.95. The summed E-state index contributed by atoms with van der Waals surface area (Å²) in [4.78, 5) is 12.6. The van der Waals surface area contributed by atoms with Crippen molar-refractivity contribution in [1.82, 2.24) is 0 Å². The van der Waals surface area contributed by atoms with Gasteiger partial charge in [0.25, 0.3) is 0 Å². The maximum atomic E-state index is 12.6. The monoisotopic (exact) mass is 367 g/mol. The molecule has 5 nitrogen and oxygen atoms in total. The van der Waals surface area contributed by atoms with Gasteiger partial charge in [0.05, 0.1) is 32.6 Å². The van der Waals surface area contributed by atoms with E-state index in [0.29, 0.717) is 17.2 Å². The van der Waals surface area contributed by atoms with E-state index in [1.807, 2.05) is 6.07 Å². The topological polar surface area (TPSA) is 60.7 Å². The van der Waals surface area contributed by atoms with Crippen LogP contribution in [-0.2, 0) is 16.6 Å². The Morgan fingerprint density at radius 3 is 2.52 bits per heavy atom. The SMILES string of the molecule is COc1ccc(OC)c(NC(=O)Cc2coc3ccc(C(C)(C)C)cc23)c1. The summed E-state index contributed by atoms with van der Waals surface area (Å²) in [7, 11) is 3.15. The van der Waals surface area contributed by atoms with Crippen LogP contribution in [0.25, 0.3) is 11.0 Å². The van der Waals surface area contributed by atoms with Gasteiger partial charge in [-0.05, 0) is 35.2 Å². The molecule has 1 heterocycles. The van der Waals surface area contributed by atoms with Crippen molar-refractivity contribution in [3.8, 4) is 11.5 Å². The predicted molar refractivity (Wildman–Crippen MR) is 107 cm³/mol. The second-order valence-corrected chi connectivity index (χ2v) is 7.51. The standard InChI is InChI=1S/C22H25NO4/c1-22(2,3)15-6-8-19-17(11-15)14(13-27-19)10-21(24)23-18-12-16(25-4)7-9-20(18)26-5/h6-9,11-13H,10H2,1-5H3,(H,23,24). The Kier molecular flexibility index (Phi) is 5.13. The number of amides is 1. The van der Waals surface area contributed by atoms with Crippen LogP contribution in [-0.4, -0.2) is 20.1 Å². The molecule has 0 spiro atoms. The number of fused-ring (bicyclic) bond motifs is 1. The molecule has 1 aromatic heterocycles. The van der Waals surface area contributed by atoms with Crippen molar-refractivity contribution in [2.75, 3.05) is 19.5 Å². The average molecular weight is 367 g/mol. The molecule has 3 rings (SSSR count). The summed E-state index contributed by atoms with van der Waals surface area (Å²) in [6.07, 6.45) is 1.86. The van der Waals surface area contributed by atoms with Gasteiger partial charge in [0.2, 0.25) is 5.91 Å². The van der Waals surface area contributed by atoms with E-state index < -0.39 is 0 Å². The lowest BCUT2D eigenvalue weighted by Gasteiger charge is -2.18. The van der Waals surface area contributed by atoms with Crippen molar-refractivity contribution in [3.05, 3.63) is 53.8 Å². The molecule has 0 saturated heterocycles. The van der Waals surface area contributed by atoms with Crippen LogP contribution in [0.1, 0.15) is 31.9 Å². The van der Waals surface area contributed by atoms with Crippen LogP contribution < -0.4 is 14.8 Å². The van der Waals surface area contributed by atoms with E-state index in [-0.39, 0.29) is 17.7 Å². The molecule has 0 radical (unpaired) electrons. The van der Waals surface area contributed by atoms with Gasteiger partial charge in [0.1, 0.15) is 17.1 Å². The van der Waals surface area contributed by atoms with E-state index in [4.69, 9.17) is 13.9 Å². The van der Waals surface area contributed by atoms with Gasteiger partial charge in [-0.3, -0.25) is 4.79 Å². The fraction of sp³-hybridized carbons (Fsp3) is 0.318. The minimum absolute atomic E-state index is 0.0267. The number of furan rings is 1. The highest BCUT2D eigenvalue weighted by Crippen LogP contribution is 2.31. The van der Waals surface area contributed by atoms with Gasteiger partial charge < -0.3 is 19.2 Å². The quantitative estimate of drug-likeness (QED) is 0.695. The number of rotatable bonds is 5. The first-order chi connectivity index (χ1) is 12.8. The lowest BCUT2D eigenvalue weighted by Crippen LogP contribution is -2.15. The van der Waals surface area contributed by atoms with Crippen LogP contribution in [0.5, 0.6) is 11.5 Å². The third kappa shape index (κ3) is 4.08. The van der Waals surface area contributed by atoms with E-state index in [1.165, 1.54) is 5.56 Å². The molecule has 0 aliphatic heterocycles. The first-order valence-electron chi connectivity index (χ1n) is 8.84. The molecule has 3 aromatic rings. The van der Waals surface area contributed by atoms with Gasteiger partial charge >= 0.3 is 0 Å². The molecular formula is C22H25NO4. The molecule has 5 heteroatoms. The Morgan fingerprint density at radius 2 is 1.85 bits per heavy atom. The molecule has 0 aliphatic carbocycles. The lowest BCUT2D eigenvalue weighted by molar-refractivity contribution is -0.115. The van der Waals surface area contributed by atoms with E-state index in [9.17, 15) is 4.79 Å². The van der Waals surface area contributed by atoms with Crippen LogP contribution in [0.15, 0.2) is 47.1 Å². The Labute approximate surface area is 159 Å². The first kappa shape index (κ1) is 18.8. The molecular weight excluding hydrogens is 342 g/mol. The van der Waals surface area contributed by atoms with Crippen molar-refractivity contribution < 1.29 is 18.7 Å². The molecule has 0 bridgehead atoms. The van der Waals surface area contributed by atoms with E-state index in [1.54, 1.807) is 38.7 Å². The molecule has 0 atom stereocenters. The van der Waals surface area contributed by atoms with Crippen LogP contribution in [0.2, 0.25) is 0 Å². The number of nitrogens with one attached hydrogen (secondary N) is 1. The Balaban J connectivity index is 1.84. The van der Waals surface area contributed by atoms with Crippen molar-refractivity contribution in [2.45, 2.75) is 32.6 Å². The van der Waals surface area contributed by atoms with Gasteiger partial charge in [-0.25, -0.2) is 0 Å². The Bertz CT molecular complexity index is 966. The van der Waals surface area contributed by atoms with Gasteiger partial charge in [-0.2, -0.15) is 0 Å². The zero-order valence-corrected chi connectivity index (χ0v) is 16.4. The van der Waals surface area contributed by atoms with Crippen LogP contribution >= 0.6 is 0 Å². The summed E-state index contributed by atoms with van der Waals surface area (Å²) in [5, 5.41) is 3.87. The lowest BCUT2D eigenvalue weighted by atomic mass is 9.86. The number of carbonyl (C=O) groups is 1. The van der Waals surface area contributed by atoms with E-state index in [0.717, 1.165) is 16.5 Å². The third-order valence-electron chi connectivity index (χ3n) is 4.55. The maximum absolute atomic E-state index is 12.6. The van der Waals surface area contributed by atoms with E-state index in [2.05, 4.69) is 38.2 Å². The summed E-state index contributed by atoms with van der Waals surface area (Å²) >= 11 is 0. The molecule has 27 heavy (non-hydrogen) atoms. The second-order valence-electron chi connectivity index (χ2n) is 7.51. The zero-order chi connectivity index (χ0) is 19.6. The normalized spacial score (nSPS) is 11.4. The summed E-state index contributed by atoms with van der Waals surface area (Å²) in [5.41, 5.74) is 3.44. The highest BCUT2D eigenvalue weighted by molar-refractivity contribution is 5.96. The highest BCUT2D eigenvalue weighted by atomic mass is 16.5. The minimum atomic E-state index is -0.148. The molecule has 0 aliphatic rings. The number of carbonyl (C=O) groups excluding carboxylic acids is 1. The molecule has 1 amide bonds. The molecule has 2 aromatic carbocycles. The molecule has 1 N–H and O–H groups in total. The zero-order valence-electron chi connectivity index (χ0n) is 16.4. The minimum Gasteiger partial charge on any atom is -0.497 e. The van der Waals surface area contributed by atoms with Crippen molar-refractivity contribution in [3.63, 3.8) is 0 Å². The number of hydrogen-bond donors (Lipinski definition) is 1. The number of methoxy groups -OCH3 is 2. The summed E-state index contributed by atoms with van der Waals surface area (Å²) in [5.74, 6) is 1.08. The summed E-state index contributed by atoms with van der Waals surface area (Å²) < 4.78 is 16.2. The van der Waals surface area contributed by atoms with E-state index >= 15 is 0 Å². The van der Waals surface area contributed by atoms with Gasteiger partial charge in [0, 0.05) is 17.0 Å². The van der Waals surface area contributed by atoms with Gasteiger partial charge in [-0.1, -0.05) is 26.8 Å². The largest absolute Gasteiger partial charge is 0.497 e. The fourth-order valence-electron chi connectivity index (χ4n) is 2.96. The molecule has 0 saturated carbocycles. The molecule has 0 unspecified atom stereocenters. The van der Waals surface area contributed by atoms with Crippen molar-refractivity contribution in [2.24, 2.45) is 0 Å². The van der Waals surface area contributed by atoms with Gasteiger partial charge in [0.15, 0.2) is 0 Å². The van der Waals surface area contributed by atoms with Crippen molar-refractivity contribution in [1.29, 1.82) is 0 Å². The smallest absolute Gasteiger partial charge is 0.229 e. The van der Waals surface area contributed by atoms with Crippen LogP contribution in [0.4, 0.5) is 5.69 Å². The maximum Gasteiger partial charge on any atom is 0.229 e.